The summed E-state index contributed by atoms with van der Waals surface area (Å²) in [6.07, 6.45) is 3.35. The molecule has 120 valence electrons. The Hall–Kier alpha value is -0.660. The first-order valence-corrected chi connectivity index (χ1v) is 9.85. The minimum absolute atomic E-state index is 0.0195. The summed E-state index contributed by atoms with van der Waals surface area (Å²) < 4.78 is 23.1. The normalized spacial score (nSPS) is 31.4. The Kier molecular flexibility index (Phi) is 4.51. The maximum absolute atomic E-state index is 12.7. The summed E-state index contributed by atoms with van der Waals surface area (Å²) in [5.74, 6) is 0.813. The van der Waals surface area contributed by atoms with Crippen molar-refractivity contribution < 1.29 is 13.2 Å². The first-order chi connectivity index (χ1) is 10.1. The summed E-state index contributed by atoms with van der Waals surface area (Å²) in [5.41, 5.74) is 0. The van der Waals surface area contributed by atoms with Crippen molar-refractivity contribution in [1.29, 1.82) is 0 Å². The molecule has 3 rings (SSSR count). The summed E-state index contributed by atoms with van der Waals surface area (Å²) >= 11 is 0. The van der Waals surface area contributed by atoms with Gasteiger partial charge in [0.15, 0.2) is 0 Å². The van der Waals surface area contributed by atoms with Crippen molar-refractivity contribution in [2.24, 2.45) is 0 Å². The molecule has 21 heavy (non-hydrogen) atoms. The van der Waals surface area contributed by atoms with Crippen LogP contribution in [0.15, 0.2) is 0 Å². The number of likely N-dealkylation sites (tertiary alicyclic amines) is 1. The number of carbonyl (C=O) groups excluding carboxylic acids is 1. The highest BCUT2D eigenvalue weighted by atomic mass is 32.2. The van der Waals surface area contributed by atoms with Crippen LogP contribution in [0.1, 0.15) is 25.7 Å². The van der Waals surface area contributed by atoms with Crippen molar-refractivity contribution in [3.63, 3.8) is 0 Å². The van der Waals surface area contributed by atoms with Gasteiger partial charge in [-0.3, -0.25) is 9.69 Å². The molecule has 1 N–H and O–H groups in total. The van der Waals surface area contributed by atoms with Crippen LogP contribution < -0.4 is 5.32 Å². The number of rotatable bonds is 2. The predicted octanol–water partition coefficient (Wildman–Crippen LogP) is -0.540. The highest BCUT2D eigenvalue weighted by Crippen LogP contribution is 2.27. The molecular weight excluding hydrogens is 290 g/mol. The minimum Gasteiger partial charge on any atom is -0.339 e. The molecule has 6 nitrogen and oxygen atoms in total. The average Bonchev–Trinajstić information content (AvgIpc) is 2.97. The number of hydrogen-bond donors (Lipinski definition) is 1. The van der Waals surface area contributed by atoms with Crippen LogP contribution in [0.4, 0.5) is 0 Å². The molecule has 3 saturated heterocycles. The van der Waals surface area contributed by atoms with Crippen LogP contribution in [0, 0.1) is 0 Å². The second kappa shape index (κ2) is 6.22. The molecule has 0 saturated carbocycles. The molecule has 0 aliphatic carbocycles. The fourth-order valence-corrected chi connectivity index (χ4v) is 5.26. The molecule has 1 amide bonds. The van der Waals surface area contributed by atoms with Gasteiger partial charge in [0, 0.05) is 32.2 Å². The van der Waals surface area contributed by atoms with Crippen LogP contribution in [0.5, 0.6) is 0 Å². The molecule has 0 spiro atoms. The number of sulfone groups is 1. The average molecular weight is 315 g/mol. The van der Waals surface area contributed by atoms with E-state index in [0.717, 1.165) is 45.6 Å². The molecular formula is C14H25N3O3S. The van der Waals surface area contributed by atoms with Crippen LogP contribution in [0.2, 0.25) is 0 Å². The lowest BCUT2D eigenvalue weighted by atomic mass is 10.1. The Morgan fingerprint density at radius 1 is 1.00 bits per heavy atom. The van der Waals surface area contributed by atoms with Gasteiger partial charge in [-0.05, 0) is 32.2 Å². The zero-order valence-corrected chi connectivity index (χ0v) is 13.3. The third kappa shape index (κ3) is 3.40. The van der Waals surface area contributed by atoms with E-state index in [0.29, 0.717) is 12.8 Å². The second-order valence-corrected chi connectivity index (χ2v) is 8.66. The Morgan fingerprint density at radius 3 is 2.33 bits per heavy atom. The van der Waals surface area contributed by atoms with E-state index in [4.69, 9.17) is 0 Å². The van der Waals surface area contributed by atoms with Crippen LogP contribution in [0.25, 0.3) is 0 Å². The lowest BCUT2D eigenvalue weighted by molar-refractivity contribution is -0.137. The van der Waals surface area contributed by atoms with Crippen LogP contribution in [-0.4, -0.2) is 80.4 Å². The second-order valence-electron chi connectivity index (χ2n) is 6.35. The van der Waals surface area contributed by atoms with E-state index in [9.17, 15) is 13.2 Å². The Balaban J connectivity index is 1.63. The van der Waals surface area contributed by atoms with Crippen LogP contribution >= 0.6 is 0 Å². The first kappa shape index (κ1) is 15.2. The molecule has 0 aromatic heterocycles. The van der Waals surface area contributed by atoms with Gasteiger partial charge in [-0.2, -0.15) is 0 Å². The monoisotopic (exact) mass is 315 g/mol. The van der Waals surface area contributed by atoms with Crippen molar-refractivity contribution in [2.45, 2.75) is 37.8 Å². The molecule has 3 aliphatic rings. The third-order valence-electron chi connectivity index (χ3n) is 5.00. The van der Waals surface area contributed by atoms with Crippen LogP contribution in [-0.2, 0) is 14.6 Å². The molecule has 0 bridgehead atoms. The molecule has 0 aromatic rings. The molecule has 0 radical (unpaired) electrons. The van der Waals surface area contributed by atoms with Crippen molar-refractivity contribution in [1.82, 2.24) is 15.1 Å². The smallest absolute Gasteiger partial charge is 0.240 e. The maximum Gasteiger partial charge on any atom is 0.240 e. The molecule has 0 aromatic carbocycles. The van der Waals surface area contributed by atoms with Gasteiger partial charge < -0.3 is 10.2 Å². The van der Waals surface area contributed by atoms with Gasteiger partial charge in [0.25, 0.3) is 0 Å². The van der Waals surface area contributed by atoms with E-state index in [2.05, 4.69) is 10.2 Å². The molecule has 3 fully saturated rings. The number of nitrogens with one attached hydrogen (secondary N) is 1. The number of piperazine rings is 1. The SMILES string of the molecule is O=C(C1CCCN1C1CCS(=O)(=O)CC1)N1CCNCC1. The van der Waals surface area contributed by atoms with Crippen molar-refractivity contribution in [2.75, 3.05) is 44.2 Å². The highest BCUT2D eigenvalue weighted by Gasteiger charge is 2.39. The number of carbonyl (C=O) groups is 1. The lowest BCUT2D eigenvalue weighted by Crippen LogP contribution is -2.54. The maximum atomic E-state index is 12.7. The summed E-state index contributed by atoms with van der Waals surface area (Å²) in [4.78, 5) is 17.0. The quantitative estimate of drug-likeness (QED) is 0.741. The van der Waals surface area contributed by atoms with Gasteiger partial charge in [-0.1, -0.05) is 0 Å². The number of hydrogen-bond acceptors (Lipinski definition) is 5. The summed E-state index contributed by atoms with van der Waals surface area (Å²) in [6, 6.07) is 0.252. The lowest BCUT2D eigenvalue weighted by Gasteiger charge is -2.37. The molecule has 1 atom stereocenters. The van der Waals surface area contributed by atoms with Crippen molar-refractivity contribution >= 4 is 15.7 Å². The summed E-state index contributed by atoms with van der Waals surface area (Å²) in [7, 11) is -2.83. The molecule has 3 aliphatic heterocycles. The van der Waals surface area contributed by atoms with E-state index in [1.807, 2.05) is 4.90 Å². The van der Waals surface area contributed by atoms with Crippen molar-refractivity contribution in [3.05, 3.63) is 0 Å². The molecule has 7 heteroatoms. The first-order valence-electron chi connectivity index (χ1n) is 8.02. The summed E-state index contributed by atoms with van der Waals surface area (Å²) in [5, 5.41) is 3.27. The van der Waals surface area contributed by atoms with Gasteiger partial charge in [-0.15, -0.1) is 0 Å². The van der Waals surface area contributed by atoms with Gasteiger partial charge >= 0.3 is 0 Å². The topological polar surface area (TPSA) is 69.7 Å². The Labute approximate surface area is 126 Å². The Morgan fingerprint density at radius 2 is 1.67 bits per heavy atom. The fraction of sp³-hybridized carbons (Fsp3) is 0.929. The third-order valence-corrected chi connectivity index (χ3v) is 6.72. The van der Waals surface area contributed by atoms with E-state index >= 15 is 0 Å². The largest absolute Gasteiger partial charge is 0.339 e. The van der Waals surface area contributed by atoms with E-state index in [1.165, 1.54) is 0 Å². The summed E-state index contributed by atoms with van der Waals surface area (Å²) in [6.45, 7) is 4.28. The predicted molar refractivity (Wildman–Crippen MR) is 80.9 cm³/mol. The standard InChI is InChI=1S/C14H25N3O3S/c18-14(16-8-5-15-6-9-16)13-2-1-7-17(13)12-3-10-21(19,20)11-4-12/h12-13,15H,1-11H2. The fourth-order valence-electron chi connectivity index (χ4n) is 3.80. The van der Waals surface area contributed by atoms with Gasteiger partial charge in [0.1, 0.15) is 9.84 Å². The molecule has 1 unspecified atom stereocenters. The Bertz CT molecular complexity index is 474. The van der Waals surface area contributed by atoms with E-state index in [1.54, 1.807) is 0 Å². The van der Waals surface area contributed by atoms with Gasteiger partial charge in [0.05, 0.1) is 17.5 Å². The van der Waals surface area contributed by atoms with Crippen molar-refractivity contribution in [3.8, 4) is 0 Å². The minimum atomic E-state index is -2.83. The number of nitrogens with zero attached hydrogens (tertiary/aromatic N) is 2. The van der Waals surface area contributed by atoms with E-state index < -0.39 is 9.84 Å². The number of amides is 1. The highest BCUT2D eigenvalue weighted by molar-refractivity contribution is 7.91. The molecule has 3 heterocycles. The van der Waals surface area contributed by atoms with Crippen LogP contribution in [0.3, 0.4) is 0 Å². The van der Waals surface area contributed by atoms with Gasteiger partial charge in [0.2, 0.25) is 5.91 Å². The zero-order valence-electron chi connectivity index (χ0n) is 12.5. The zero-order chi connectivity index (χ0) is 14.9. The van der Waals surface area contributed by atoms with Gasteiger partial charge in [-0.25, -0.2) is 8.42 Å². The van der Waals surface area contributed by atoms with E-state index in [-0.39, 0.29) is 29.5 Å².